The number of amides is 1. The van der Waals surface area contributed by atoms with Gasteiger partial charge >= 0.3 is 0 Å². The van der Waals surface area contributed by atoms with Crippen molar-refractivity contribution in [1.29, 1.82) is 0 Å². The Hall–Kier alpha value is -1.98. The van der Waals surface area contributed by atoms with Crippen LogP contribution >= 0.6 is 0 Å². The van der Waals surface area contributed by atoms with Gasteiger partial charge in [0.2, 0.25) is 0 Å². The second-order valence-corrected chi connectivity index (χ2v) is 7.68. The molecule has 5 heteroatoms. The molecule has 140 valence electrons. The van der Waals surface area contributed by atoms with Crippen LogP contribution in [0, 0.1) is 0 Å². The van der Waals surface area contributed by atoms with Crippen LogP contribution in [0.25, 0.3) is 0 Å². The summed E-state index contributed by atoms with van der Waals surface area (Å²) in [5.41, 5.74) is 4.10. The molecule has 1 aliphatic heterocycles. The maximum atomic E-state index is 12.0. The molecule has 1 aliphatic carbocycles. The number of likely N-dealkylation sites (tertiary alicyclic amines) is 1. The molecule has 1 amide bonds. The van der Waals surface area contributed by atoms with Gasteiger partial charge in [-0.1, -0.05) is 12.8 Å². The molecule has 0 aromatic heterocycles. The lowest BCUT2D eigenvalue weighted by Crippen LogP contribution is -2.71. The van der Waals surface area contributed by atoms with Crippen LogP contribution in [0.5, 0.6) is 0 Å². The van der Waals surface area contributed by atoms with Crippen molar-refractivity contribution in [2.45, 2.75) is 44.6 Å². The molecule has 1 heterocycles. The van der Waals surface area contributed by atoms with Gasteiger partial charge in [-0.2, -0.15) is 0 Å². The van der Waals surface area contributed by atoms with E-state index < -0.39 is 0 Å². The average Bonchev–Trinajstić information content (AvgIpc) is 3.11. The van der Waals surface area contributed by atoms with E-state index in [2.05, 4.69) is 16.4 Å². The van der Waals surface area contributed by atoms with Crippen molar-refractivity contribution in [3.05, 3.63) is 41.6 Å². The zero-order valence-electron chi connectivity index (χ0n) is 16.1. The molecule has 1 saturated heterocycles. The number of hydrogen-bond acceptors (Lipinski definition) is 2. The summed E-state index contributed by atoms with van der Waals surface area (Å²) in [6.45, 7) is 2.20. The molecular formula is C21H32N4O+2. The van der Waals surface area contributed by atoms with Gasteiger partial charge in [-0.25, -0.2) is 0 Å². The van der Waals surface area contributed by atoms with E-state index in [9.17, 15) is 4.79 Å². The number of carbonyl (C=O) groups is 1. The van der Waals surface area contributed by atoms with E-state index in [4.69, 9.17) is 5.41 Å². The summed E-state index contributed by atoms with van der Waals surface area (Å²) in [6, 6.07) is 8.52. The molecule has 5 nitrogen and oxygen atoms in total. The molecule has 2 aliphatic rings. The largest absolute Gasteiger partial charge is 0.345 e. The molecule has 1 aromatic carbocycles. The minimum Gasteiger partial charge on any atom is -0.345 e. The number of hydrogen-bond donors (Lipinski definition) is 2. The summed E-state index contributed by atoms with van der Waals surface area (Å²) >= 11 is 0. The normalized spacial score (nSPS) is 21.2. The van der Waals surface area contributed by atoms with Crippen molar-refractivity contribution in [3.8, 4) is 0 Å². The first-order valence-electron chi connectivity index (χ1n) is 9.76. The van der Waals surface area contributed by atoms with Crippen molar-refractivity contribution in [2.24, 2.45) is 0 Å². The van der Waals surface area contributed by atoms with Crippen LogP contribution in [0.15, 0.2) is 36.0 Å². The Labute approximate surface area is 156 Å². The number of rotatable bonds is 4. The number of nitrogens with zero attached hydrogens (tertiary/aromatic N) is 2. The smallest absolute Gasteiger partial charge is 0.253 e. The summed E-state index contributed by atoms with van der Waals surface area (Å²) in [5, 5.41) is 8.46. The van der Waals surface area contributed by atoms with Gasteiger partial charge < -0.3 is 4.90 Å². The number of nitrogens with two attached hydrogens (primary N) is 2. The molecule has 1 saturated carbocycles. The second kappa shape index (κ2) is 8.60. The molecular weight excluding hydrogens is 324 g/mol. The van der Waals surface area contributed by atoms with Gasteiger partial charge in [0.05, 0.1) is 5.57 Å². The quantitative estimate of drug-likeness (QED) is 0.780. The highest BCUT2D eigenvalue weighted by Crippen LogP contribution is 2.25. The third-order valence-electron chi connectivity index (χ3n) is 5.63. The Morgan fingerprint density at radius 3 is 2.46 bits per heavy atom. The van der Waals surface area contributed by atoms with E-state index >= 15 is 0 Å². The minimum atomic E-state index is 0.0308. The van der Waals surface area contributed by atoms with Crippen LogP contribution < -0.4 is 10.7 Å². The number of benzene rings is 1. The lowest BCUT2D eigenvalue weighted by Gasteiger charge is -2.26. The van der Waals surface area contributed by atoms with Crippen molar-refractivity contribution >= 4 is 17.3 Å². The van der Waals surface area contributed by atoms with Gasteiger partial charge in [0, 0.05) is 57.3 Å². The SMILES string of the molecule is CN(C)C(=O)c1ccc([NH2+]C=C2CCN(C3CCCC3)CCC2=[NH2+])cc1. The van der Waals surface area contributed by atoms with Crippen LogP contribution in [0.4, 0.5) is 5.69 Å². The minimum absolute atomic E-state index is 0.0308. The third-order valence-corrected chi connectivity index (χ3v) is 5.63. The average molecular weight is 357 g/mol. The number of carbonyl (C=O) groups excluding carboxylic acids is 1. The van der Waals surface area contributed by atoms with E-state index in [1.807, 2.05) is 24.3 Å². The van der Waals surface area contributed by atoms with Crippen LogP contribution in [0.1, 0.15) is 48.9 Å². The molecule has 0 bridgehead atoms. The zero-order valence-corrected chi connectivity index (χ0v) is 16.1. The standard InChI is InChI=1S/C21H30N4O/c1-24(2)21(26)16-7-9-18(10-8-16)23-15-17-11-13-25(14-12-20(17)22)19-5-3-4-6-19/h7-10,15,19,22-23H,3-6,11-14H2,1-2H3/p+2. The molecule has 26 heavy (non-hydrogen) atoms. The van der Waals surface area contributed by atoms with Crippen LogP contribution in [0.2, 0.25) is 0 Å². The fraction of sp³-hybridized carbons (Fsp3) is 0.524. The van der Waals surface area contributed by atoms with Crippen molar-refractivity contribution in [2.75, 3.05) is 27.2 Å². The highest BCUT2D eigenvalue weighted by atomic mass is 16.2. The predicted octanol–water partition coefficient (Wildman–Crippen LogP) is 0.706. The van der Waals surface area contributed by atoms with Gasteiger partial charge in [-0.15, -0.1) is 0 Å². The summed E-state index contributed by atoms with van der Waals surface area (Å²) in [5.74, 6) is 0.0308. The summed E-state index contributed by atoms with van der Waals surface area (Å²) in [7, 11) is 3.54. The maximum Gasteiger partial charge on any atom is 0.253 e. The molecule has 4 N–H and O–H groups in total. The monoisotopic (exact) mass is 356 g/mol. The first kappa shape index (κ1) is 18.8. The van der Waals surface area contributed by atoms with Crippen molar-refractivity contribution in [1.82, 2.24) is 9.80 Å². The van der Waals surface area contributed by atoms with E-state index in [1.54, 1.807) is 19.0 Å². The van der Waals surface area contributed by atoms with Gasteiger partial charge in [0.15, 0.2) is 5.71 Å². The highest BCUT2D eigenvalue weighted by molar-refractivity contribution is 5.95. The van der Waals surface area contributed by atoms with Crippen LogP contribution in [-0.4, -0.2) is 54.6 Å². The van der Waals surface area contributed by atoms with Gasteiger partial charge in [-0.3, -0.25) is 20.4 Å². The molecule has 0 radical (unpaired) electrons. The Bertz CT molecular complexity index is 672. The van der Waals surface area contributed by atoms with Crippen LogP contribution in [0.3, 0.4) is 0 Å². The number of quaternary nitrogens is 1. The van der Waals surface area contributed by atoms with Gasteiger partial charge in [-0.05, 0) is 31.4 Å². The molecule has 0 atom stereocenters. The highest BCUT2D eigenvalue weighted by Gasteiger charge is 2.27. The Morgan fingerprint density at radius 2 is 1.81 bits per heavy atom. The van der Waals surface area contributed by atoms with Crippen molar-refractivity contribution < 1.29 is 15.5 Å². The molecule has 2 fully saturated rings. The zero-order chi connectivity index (χ0) is 18.5. The Balaban J connectivity index is 1.60. The van der Waals surface area contributed by atoms with Gasteiger partial charge in [0.1, 0.15) is 11.9 Å². The van der Waals surface area contributed by atoms with E-state index in [1.165, 1.54) is 31.3 Å². The molecule has 1 aromatic rings. The summed E-state index contributed by atoms with van der Waals surface area (Å²) < 4.78 is 0. The first-order valence-corrected chi connectivity index (χ1v) is 9.76. The maximum absolute atomic E-state index is 12.0. The summed E-state index contributed by atoms with van der Waals surface area (Å²) in [4.78, 5) is 16.2. The third kappa shape index (κ3) is 4.59. The Morgan fingerprint density at radius 1 is 1.15 bits per heavy atom. The van der Waals surface area contributed by atoms with Gasteiger partial charge in [0.25, 0.3) is 5.91 Å². The fourth-order valence-corrected chi connectivity index (χ4v) is 3.98. The van der Waals surface area contributed by atoms with Crippen LogP contribution in [-0.2, 0) is 0 Å². The van der Waals surface area contributed by atoms with E-state index in [-0.39, 0.29) is 5.91 Å². The van der Waals surface area contributed by atoms with E-state index in [0.29, 0.717) is 5.56 Å². The molecule has 0 spiro atoms. The van der Waals surface area contributed by atoms with Crippen molar-refractivity contribution in [3.63, 3.8) is 0 Å². The molecule has 0 unspecified atom stereocenters. The fourth-order valence-electron chi connectivity index (χ4n) is 3.98. The van der Waals surface area contributed by atoms with E-state index in [0.717, 1.165) is 43.4 Å². The predicted molar refractivity (Wildman–Crippen MR) is 104 cm³/mol. The first-order chi connectivity index (χ1) is 12.5. The lowest BCUT2D eigenvalue weighted by molar-refractivity contribution is -0.497. The molecule has 3 rings (SSSR count). The topological polar surface area (TPSA) is 65.8 Å². The summed E-state index contributed by atoms with van der Waals surface area (Å²) in [6.07, 6.45) is 9.61. The lowest BCUT2D eigenvalue weighted by atomic mass is 10.1. The Kier molecular flexibility index (Phi) is 6.22. The second-order valence-electron chi connectivity index (χ2n) is 7.68.